The first kappa shape index (κ1) is 22.9. The largest absolute Gasteiger partial charge is 0.496 e. The molecule has 1 N–H and O–H groups in total. The molecule has 0 amide bonds. The molecule has 0 spiro atoms. The van der Waals surface area contributed by atoms with E-state index in [9.17, 15) is 9.50 Å². The Morgan fingerprint density at radius 3 is 2.61 bits per heavy atom. The molecule has 7 nitrogen and oxygen atoms in total. The van der Waals surface area contributed by atoms with E-state index in [1.54, 1.807) is 7.11 Å². The van der Waals surface area contributed by atoms with Crippen LogP contribution in [0.25, 0.3) is 16.8 Å². The first-order chi connectivity index (χ1) is 17.6. The van der Waals surface area contributed by atoms with E-state index in [0.29, 0.717) is 19.0 Å². The Balaban J connectivity index is 1.32. The zero-order valence-electron chi connectivity index (χ0n) is 20.4. The summed E-state index contributed by atoms with van der Waals surface area (Å²) in [6.07, 6.45) is 9.47. The number of imidazole rings is 1. The maximum atomic E-state index is 14.3. The Hall–Kier alpha value is -3.52. The molecule has 3 aromatic heterocycles. The molecule has 0 radical (unpaired) electrons. The van der Waals surface area contributed by atoms with E-state index >= 15 is 0 Å². The fraction of sp³-hybridized carbons (Fsp3) is 0.393. The van der Waals surface area contributed by atoms with Gasteiger partial charge in [0.05, 0.1) is 25.1 Å². The Labute approximate surface area is 209 Å². The molecule has 6 rings (SSSR count). The summed E-state index contributed by atoms with van der Waals surface area (Å²) in [7, 11) is 1.73. The molecule has 1 fully saturated rings. The highest BCUT2D eigenvalue weighted by Gasteiger charge is 2.34. The molecule has 2 aliphatic rings. The van der Waals surface area contributed by atoms with Crippen molar-refractivity contribution in [2.24, 2.45) is 0 Å². The van der Waals surface area contributed by atoms with Gasteiger partial charge < -0.3 is 19.1 Å². The van der Waals surface area contributed by atoms with Gasteiger partial charge in [0.1, 0.15) is 17.1 Å². The molecule has 0 saturated carbocycles. The van der Waals surface area contributed by atoms with Crippen LogP contribution in [0.1, 0.15) is 48.6 Å². The van der Waals surface area contributed by atoms with Crippen LogP contribution in [0, 0.1) is 0 Å². The van der Waals surface area contributed by atoms with Gasteiger partial charge in [-0.25, -0.2) is 19.3 Å². The summed E-state index contributed by atoms with van der Waals surface area (Å²) in [6, 6.07) is 12.4. The lowest BCUT2D eigenvalue weighted by Crippen LogP contribution is -2.44. The third-order valence-corrected chi connectivity index (χ3v) is 7.68. The highest BCUT2D eigenvalue weighted by Crippen LogP contribution is 2.41. The number of fused-ring (bicyclic) bond motifs is 3. The van der Waals surface area contributed by atoms with Crippen LogP contribution in [0.15, 0.2) is 55.0 Å². The van der Waals surface area contributed by atoms with Gasteiger partial charge in [-0.3, -0.25) is 0 Å². The fourth-order valence-electron chi connectivity index (χ4n) is 5.60. The van der Waals surface area contributed by atoms with Crippen LogP contribution in [0.4, 0.5) is 10.3 Å². The molecule has 36 heavy (non-hydrogen) atoms. The van der Waals surface area contributed by atoms with Crippen LogP contribution in [-0.2, 0) is 6.42 Å². The van der Waals surface area contributed by atoms with Crippen molar-refractivity contribution in [1.82, 2.24) is 19.4 Å². The van der Waals surface area contributed by atoms with Gasteiger partial charge in [-0.05, 0) is 37.5 Å². The van der Waals surface area contributed by atoms with Crippen molar-refractivity contribution in [3.05, 3.63) is 71.9 Å². The molecular formula is C28H30FN5O2. The minimum absolute atomic E-state index is 0.217. The van der Waals surface area contributed by atoms with E-state index in [-0.39, 0.29) is 18.8 Å². The Morgan fingerprint density at radius 2 is 1.86 bits per heavy atom. The van der Waals surface area contributed by atoms with Crippen LogP contribution in [0.3, 0.4) is 0 Å². The van der Waals surface area contributed by atoms with Gasteiger partial charge >= 0.3 is 0 Å². The van der Waals surface area contributed by atoms with Crippen molar-refractivity contribution in [3.63, 3.8) is 0 Å². The predicted octanol–water partition coefficient (Wildman–Crippen LogP) is 4.57. The molecule has 4 aromatic rings. The number of ether oxygens (including phenoxy) is 1. The van der Waals surface area contributed by atoms with Crippen molar-refractivity contribution in [2.45, 2.75) is 43.7 Å². The maximum Gasteiger partial charge on any atom is 0.225 e. The lowest BCUT2D eigenvalue weighted by atomic mass is 9.84. The van der Waals surface area contributed by atoms with E-state index in [4.69, 9.17) is 9.72 Å². The normalized spacial score (nSPS) is 19.3. The number of alkyl halides is 1. The maximum absolute atomic E-state index is 14.3. The molecule has 1 saturated heterocycles. The number of hydrogen-bond acceptors (Lipinski definition) is 6. The standard InChI is InChI=1S/C28H30FN5O2/c1-36-24-8-3-2-5-21(24)22-6-4-7-23-26(22)34-17-19(9-10-25(34)32-23)20-15-30-27(31-16-20)33-13-11-28(29,18-35)12-14-33/h2-3,5,8-10,15-17,22,35H,4,6-7,11-14,18H2,1H3. The summed E-state index contributed by atoms with van der Waals surface area (Å²) in [5.41, 5.74) is 4.96. The number of aromatic nitrogens is 4. The number of rotatable bonds is 5. The first-order valence-corrected chi connectivity index (χ1v) is 12.6. The number of methoxy groups -OCH3 is 1. The summed E-state index contributed by atoms with van der Waals surface area (Å²) in [5.74, 6) is 1.72. The lowest BCUT2D eigenvalue weighted by molar-refractivity contribution is 0.0479. The number of pyridine rings is 1. The van der Waals surface area contributed by atoms with E-state index in [1.165, 1.54) is 11.3 Å². The summed E-state index contributed by atoms with van der Waals surface area (Å²) in [6.45, 7) is 0.556. The highest BCUT2D eigenvalue weighted by molar-refractivity contribution is 5.64. The lowest BCUT2D eigenvalue weighted by Gasteiger charge is -2.35. The van der Waals surface area contributed by atoms with Crippen molar-refractivity contribution < 1.29 is 14.2 Å². The number of aliphatic hydroxyl groups is 1. The number of anilines is 1. The van der Waals surface area contributed by atoms with E-state index in [1.807, 2.05) is 29.4 Å². The molecule has 4 heterocycles. The van der Waals surface area contributed by atoms with E-state index in [2.05, 4.69) is 44.8 Å². The van der Waals surface area contributed by atoms with Crippen molar-refractivity contribution in [1.29, 1.82) is 0 Å². The topological polar surface area (TPSA) is 75.8 Å². The van der Waals surface area contributed by atoms with Crippen molar-refractivity contribution >= 4 is 11.6 Å². The van der Waals surface area contributed by atoms with Gasteiger partial charge in [0, 0.05) is 67.1 Å². The molecule has 1 aliphatic heterocycles. The second-order valence-electron chi connectivity index (χ2n) is 9.84. The number of halogens is 1. The van der Waals surface area contributed by atoms with E-state index < -0.39 is 12.3 Å². The summed E-state index contributed by atoms with van der Waals surface area (Å²) in [5, 5.41) is 9.27. The van der Waals surface area contributed by atoms with E-state index in [0.717, 1.165) is 47.5 Å². The van der Waals surface area contributed by atoms with Gasteiger partial charge in [0.15, 0.2) is 0 Å². The van der Waals surface area contributed by atoms with Crippen LogP contribution >= 0.6 is 0 Å². The number of hydrogen-bond donors (Lipinski definition) is 1. The van der Waals surface area contributed by atoms with Gasteiger partial charge in [0.2, 0.25) is 5.95 Å². The van der Waals surface area contributed by atoms with Crippen LogP contribution < -0.4 is 9.64 Å². The third-order valence-electron chi connectivity index (χ3n) is 7.68. The number of aliphatic hydroxyl groups excluding tert-OH is 1. The van der Waals surface area contributed by atoms with Gasteiger partial charge in [-0.15, -0.1) is 0 Å². The Morgan fingerprint density at radius 1 is 1.08 bits per heavy atom. The molecule has 1 unspecified atom stereocenters. The Bertz CT molecular complexity index is 1380. The predicted molar refractivity (Wildman–Crippen MR) is 136 cm³/mol. The van der Waals surface area contributed by atoms with Crippen LogP contribution in [0.5, 0.6) is 5.75 Å². The number of piperidine rings is 1. The second-order valence-corrected chi connectivity index (χ2v) is 9.84. The second kappa shape index (κ2) is 9.17. The summed E-state index contributed by atoms with van der Waals surface area (Å²) >= 11 is 0. The fourth-order valence-corrected chi connectivity index (χ4v) is 5.60. The molecule has 186 valence electrons. The first-order valence-electron chi connectivity index (χ1n) is 12.6. The van der Waals surface area contributed by atoms with Gasteiger partial charge in [-0.2, -0.15) is 0 Å². The molecular weight excluding hydrogens is 457 g/mol. The third kappa shape index (κ3) is 3.99. The number of benzene rings is 1. The zero-order valence-corrected chi connectivity index (χ0v) is 20.4. The highest BCUT2D eigenvalue weighted by atomic mass is 19.1. The monoisotopic (exact) mass is 487 g/mol. The quantitative estimate of drug-likeness (QED) is 0.445. The number of para-hydroxylation sites is 1. The van der Waals surface area contributed by atoms with Crippen LogP contribution in [0.2, 0.25) is 0 Å². The smallest absolute Gasteiger partial charge is 0.225 e. The molecule has 1 atom stereocenters. The molecule has 1 aromatic carbocycles. The van der Waals surface area contributed by atoms with Gasteiger partial charge in [0.25, 0.3) is 0 Å². The summed E-state index contributed by atoms with van der Waals surface area (Å²) < 4.78 is 22.3. The zero-order chi connectivity index (χ0) is 24.7. The number of aryl methyl sites for hydroxylation is 1. The molecule has 0 bridgehead atoms. The number of nitrogens with zero attached hydrogens (tertiary/aromatic N) is 5. The Kier molecular flexibility index (Phi) is 5.84. The van der Waals surface area contributed by atoms with Crippen LogP contribution in [-0.4, -0.2) is 56.9 Å². The van der Waals surface area contributed by atoms with Crippen molar-refractivity contribution in [3.8, 4) is 16.9 Å². The van der Waals surface area contributed by atoms with Gasteiger partial charge in [-0.1, -0.05) is 18.2 Å². The minimum Gasteiger partial charge on any atom is -0.496 e. The minimum atomic E-state index is -1.49. The molecule has 1 aliphatic carbocycles. The van der Waals surface area contributed by atoms with Crippen molar-refractivity contribution in [2.75, 3.05) is 31.7 Å². The SMILES string of the molecule is COc1ccccc1C1CCCc2nc3ccc(-c4cnc(N5CCC(F)(CO)CC5)nc4)cn3c21. The summed E-state index contributed by atoms with van der Waals surface area (Å²) in [4.78, 5) is 16.1. The molecule has 8 heteroatoms. The average molecular weight is 488 g/mol. The average Bonchev–Trinajstić information content (AvgIpc) is 3.32.